The van der Waals surface area contributed by atoms with Crippen molar-refractivity contribution in [3.05, 3.63) is 71.1 Å². The molecule has 0 bridgehead atoms. The molecule has 23 heavy (non-hydrogen) atoms. The molecule has 4 rings (SSSR count). The van der Waals surface area contributed by atoms with Crippen molar-refractivity contribution in [1.82, 2.24) is 10.4 Å². The van der Waals surface area contributed by atoms with E-state index < -0.39 is 0 Å². The van der Waals surface area contributed by atoms with Crippen LogP contribution in [-0.2, 0) is 11.2 Å². The van der Waals surface area contributed by atoms with Gasteiger partial charge in [-0.2, -0.15) is 5.10 Å². The molecule has 1 aromatic carbocycles. The highest BCUT2D eigenvalue weighted by molar-refractivity contribution is 6.09. The van der Waals surface area contributed by atoms with Crippen LogP contribution < -0.4 is 5.43 Å². The lowest BCUT2D eigenvalue weighted by atomic mass is 9.85. The molecule has 1 amide bonds. The molecule has 0 spiro atoms. The van der Waals surface area contributed by atoms with Crippen molar-refractivity contribution in [3.63, 3.8) is 0 Å². The highest BCUT2D eigenvalue weighted by Gasteiger charge is 2.27. The van der Waals surface area contributed by atoms with Crippen molar-refractivity contribution in [3.8, 4) is 0 Å². The lowest BCUT2D eigenvalue weighted by Crippen LogP contribution is -2.32. The fourth-order valence-corrected chi connectivity index (χ4v) is 3.26. The Morgan fingerprint density at radius 3 is 2.87 bits per heavy atom. The monoisotopic (exact) mass is 303 g/mol. The van der Waals surface area contributed by atoms with E-state index in [-0.39, 0.29) is 11.8 Å². The molecule has 1 aliphatic heterocycles. The zero-order chi connectivity index (χ0) is 15.6. The second kappa shape index (κ2) is 5.80. The summed E-state index contributed by atoms with van der Waals surface area (Å²) in [5, 5.41) is 4.37. The molecule has 0 saturated heterocycles. The first kappa shape index (κ1) is 13.9. The second-order valence-corrected chi connectivity index (χ2v) is 5.92. The third-order valence-corrected chi connectivity index (χ3v) is 4.45. The van der Waals surface area contributed by atoms with Crippen LogP contribution in [0.15, 0.2) is 53.9 Å². The van der Waals surface area contributed by atoms with E-state index in [0.29, 0.717) is 6.42 Å². The number of nitrogens with zero attached hydrogens (tertiary/aromatic N) is 2. The summed E-state index contributed by atoms with van der Waals surface area (Å²) in [5.41, 5.74) is 8.34. The Morgan fingerprint density at radius 2 is 2.00 bits per heavy atom. The smallest absolute Gasteiger partial charge is 0.241 e. The van der Waals surface area contributed by atoms with Crippen LogP contribution in [0.2, 0.25) is 0 Å². The van der Waals surface area contributed by atoms with Crippen molar-refractivity contribution in [1.29, 1.82) is 0 Å². The van der Waals surface area contributed by atoms with Crippen molar-refractivity contribution >= 4 is 17.7 Å². The van der Waals surface area contributed by atoms with E-state index in [0.717, 1.165) is 29.7 Å². The molecular formula is C19H17N3O. The summed E-state index contributed by atoms with van der Waals surface area (Å²) < 4.78 is 0. The van der Waals surface area contributed by atoms with E-state index >= 15 is 0 Å². The number of hydrogen-bond acceptors (Lipinski definition) is 3. The summed E-state index contributed by atoms with van der Waals surface area (Å²) in [5.74, 6) is -0.0691. The van der Waals surface area contributed by atoms with Crippen LogP contribution >= 0.6 is 0 Å². The van der Waals surface area contributed by atoms with Crippen molar-refractivity contribution in [2.75, 3.05) is 0 Å². The molecule has 2 aliphatic rings. The maximum atomic E-state index is 11.8. The van der Waals surface area contributed by atoms with Gasteiger partial charge in [0, 0.05) is 24.7 Å². The van der Waals surface area contributed by atoms with E-state index in [1.807, 2.05) is 12.1 Å². The number of allylic oxidation sites excluding steroid dienone is 1. The van der Waals surface area contributed by atoms with Crippen LogP contribution in [0, 0.1) is 0 Å². The Balaban J connectivity index is 1.76. The number of hydrogen-bond donors (Lipinski definition) is 1. The maximum Gasteiger partial charge on any atom is 0.241 e. The molecule has 0 fully saturated rings. The number of benzene rings is 1. The van der Waals surface area contributed by atoms with Crippen molar-refractivity contribution in [2.24, 2.45) is 5.10 Å². The normalized spacial score (nSPS) is 19.7. The zero-order valence-corrected chi connectivity index (χ0v) is 12.7. The molecule has 114 valence electrons. The zero-order valence-electron chi connectivity index (χ0n) is 12.7. The highest BCUT2D eigenvalue weighted by atomic mass is 16.2. The second-order valence-electron chi connectivity index (χ2n) is 5.92. The Hall–Kier alpha value is -2.75. The van der Waals surface area contributed by atoms with Crippen molar-refractivity contribution < 1.29 is 4.79 Å². The van der Waals surface area contributed by atoms with Crippen LogP contribution in [0.4, 0.5) is 0 Å². The lowest BCUT2D eigenvalue weighted by Gasteiger charge is -2.24. The minimum absolute atomic E-state index is 0.0241. The molecule has 4 nitrogen and oxygen atoms in total. The van der Waals surface area contributed by atoms with Gasteiger partial charge >= 0.3 is 0 Å². The largest absolute Gasteiger partial charge is 0.273 e. The van der Waals surface area contributed by atoms with Crippen LogP contribution in [0.25, 0.3) is 6.08 Å². The first-order valence-corrected chi connectivity index (χ1v) is 7.87. The molecule has 2 aromatic rings. The van der Waals surface area contributed by atoms with Gasteiger partial charge in [0.05, 0.1) is 5.71 Å². The average Bonchev–Trinajstić information content (AvgIpc) is 2.62. The van der Waals surface area contributed by atoms with Crippen LogP contribution in [0.3, 0.4) is 0 Å². The summed E-state index contributed by atoms with van der Waals surface area (Å²) >= 11 is 0. The SMILES string of the molecule is O=C1CC(c2ccncc2)C(c2ccc3c(c2)CCC=C3)=NN1. The molecular weight excluding hydrogens is 286 g/mol. The van der Waals surface area contributed by atoms with Gasteiger partial charge in [-0.15, -0.1) is 0 Å². The van der Waals surface area contributed by atoms with Gasteiger partial charge in [-0.05, 0) is 53.3 Å². The van der Waals surface area contributed by atoms with Gasteiger partial charge in [0.15, 0.2) is 0 Å². The third-order valence-electron chi connectivity index (χ3n) is 4.45. The van der Waals surface area contributed by atoms with Crippen LogP contribution in [0.1, 0.15) is 41.0 Å². The van der Waals surface area contributed by atoms with Gasteiger partial charge < -0.3 is 0 Å². The summed E-state index contributed by atoms with van der Waals surface area (Å²) in [6.07, 6.45) is 10.5. The summed E-state index contributed by atoms with van der Waals surface area (Å²) in [7, 11) is 0. The molecule has 0 radical (unpaired) electrons. The highest BCUT2D eigenvalue weighted by Crippen LogP contribution is 2.29. The topological polar surface area (TPSA) is 54.4 Å². The summed E-state index contributed by atoms with van der Waals surface area (Å²) in [6.45, 7) is 0. The minimum Gasteiger partial charge on any atom is -0.273 e. The van der Waals surface area contributed by atoms with E-state index in [9.17, 15) is 4.79 Å². The number of amides is 1. The van der Waals surface area contributed by atoms with Gasteiger partial charge in [0.25, 0.3) is 0 Å². The molecule has 1 unspecified atom stereocenters. The Morgan fingerprint density at radius 1 is 1.13 bits per heavy atom. The number of carbonyl (C=O) groups is 1. The fraction of sp³-hybridized carbons (Fsp3) is 0.211. The first-order chi connectivity index (χ1) is 11.3. The number of hydrazone groups is 1. The van der Waals surface area contributed by atoms with Crippen LogP contribution in [-0.4, -0.2) is 16.6 Å². The quantitative estimate of drug-likeness (QED) is 0.927. The average molecular weight is 303 g/mol. The minimum atomic E-state index is -0.0449. The maximum absolute atomic E-state index is 11.8. The lowest BCUT2D eigenvalue weighted by molar-refractivity contribution is -0.121. The number of fused-ring (bicyclic) bond motifs is 1. The van der Waals surface area contributed by atoms with Gasteiger partial charge in [0.2, 0.25) is 5.91 Å². The van der Waals surface area contributed by atoms with Crippen molar-refractivity contribution in [2.45, 2.75) is 25.2 Å². The molecule has 0 saturated carbocycles. The number of aryl methyl sites for hydroxylation is 1. The predicted octanol–water partition coefficient (Wildman–Crippen LogP) is 3.05. The first-order valence-electron chi connectivity index (χ1n) is 7.87. The van der Waals surface area contributed by atoms with E-state index in [1.54, 1.807) is 12.4 Å². The fourth-order valence-electron chi connectivity index (χ4n) is 3.26. The molecule has 1 N–H and O–H groups in total. The molecule has 2 heterocycles. The van der Waals surface area contributed by atoms with Gasteiger partial charge in [-0.1, -0.05) is 24.3 Å². The Bertz CT molecular complexity index is 809. The standard InChI is InChI=1S/C19H17N3O/c23-18-12-17(14-7-9-20-10-8-14)19(22-21-18)16-6-5-13-3-1-2-4-15(13)11-16/h1,3,5-11,17H,2,4,12H2,(H,21,23). The number of nitrogens with one attached hydrogen (secondary N) is 1. The van der Waals surface area contributed by atoms with Gasteiger partial charge in [-0.25, -0.2) is 5.43 Å². The number of carbonyl (C=O) groups excluding carboxylic acids is 1. The molecule has 1 aromatic heterocycles. The molecule has 1 aliphatic carbocycles. The van der Waals surface area contributed by atoms with Crippen LogP contribution in [0.5, 0.6) is 0 Å². The Labute approximate surface area is 135 Å². The van der Waals surface area contributed by atoms with E-state index in [1.165, 1.54) is 11.1 Å². The van der Waals surface area contributed by atoms with Gasteiger partial charge in [0.1, 0.15) is 0 Å². The number of aromatic nitrogens is 1. The number of pyridine rings is 1. The summed E-state index contributed by atoms with van der Waals surface area (Å²) in [6, 6.07) is 10.4. The molecule has 1 atom stereocenters. The Kier molecular flexibility index (Phi) is 3.50. The summed E-state index contributed by atoms with van der Waals surface area (Å²) in [4.78, 5) is 15.9. The number of rotatable bonds is 2. The predicted molar refractivity (Wildman–Crippen MR) is 90.1 cm³/mol. The third kappa shape index (κ3) is 2.68. The van der Waals surface area contributed by atoms with Gasteiger partial charge in [-0.3, -0.25) is 9.78 Å². The van der Waals surface area contributed by atoms with E-state index in [2.05, 4.69) is 45.9 Å². The molecule has 4 heteroatoms. The van der Waals surface area contributed by atoms with E-state index in [4.69, 9.17) is 0 Å².